The second-order valence-electron chi connectivity index (χ2n) is 7.97. The average molecular weight is 386 g/mol. The minimum Gasteiger partial charge on any atom is -0.456 e. The lowest BCUT2D eigenvalue weighted by Gasteiger charge is -2.19. The van der Waals surface area contributed by atoms with Gasteiger partial charge >= 0.3 is 0 Å². The van der Waals surface area contributed by atoms with Crippen LogP contribution in [0.25, 0.3) is 49.8 Å². The van der Waals surface area contributed by atoms with Gasteiger partial charge in [0.2, 0.25) is 0 Å². The minimum atomic E-state index is 0.925. The van der Waals surface area contributed by atoms with Gasteiger partial charge in [0.25, 0.3) is 0 Å². The number of fused-ring (bicyclic) bond motifs is 8. The van der Waals surface area contributed by atoms with Crippen molar-refractivity contribution < 1.29 is 4.42 Å². The maximum Gasteiger partial charge on any atom is 0.136 e. The fourth-order valence-corrected chi connectivity index (χ4v) is 4.93. The van der Waals surface area contributed by atoms with E-state index < -0.39 is 0 Å². The number of aryl methyl sites for hydroxylation is 2. The number of para-hydroxylation sites is 2. The molecule has 7 rings (SSSR count). The Morgan fingerprint density at radius 2 is 1.63 bits per heavy atom. The zero-order chi connectivity index (χ0) is 19.7. The number of hydrogen-bond donors (Lipinski definition) is 0. The highest BCUT2D eigenvalue weighted by Crippen LogP contribution is 2.38. The van der Waals surface area contributed by atoms with E-state index in [1.165, 1.54) is 33.3 Å². The summed E-state index contributed by atoms with van der Waals surface area (Å²) < 4.78 is 8.45. The smallest absolute Gasteiger partial charge is 0.136 e. The predicted molar refractivity (Wildman–Crippen MR) is 121 cm³/mol. The SMILES string of the molecule is c1ccc2c(c1)CCc1nc3ccc(-c4cccc5oc6ccccc6c45)cc3n1-2. The molecule has 0 radical (unpaired) electrons. The van der Waals surface area contributed by atoms with E-state index in [0.717, 1.165) is 40.7 Å². The van der Waals surface area contributed by atoms with Crippen molar-refractivity contribution in [3.8, 4) is 16.8 Å². The fraction of sp³-hybridized carbons (Fsp3) is 0.0741. The van der Waals surface area contributed by atoms with E-state index in [1.807, 2.05) is 18.2 Å². The Kier molecular flexibility index (Phi) is 3.11. The van der Waals surface area contributed by atoms with Crippen LogP contribution in [0.5, 0.6) is 0 Å². The van der Waals surface area contributed by atoms with Gasteiger partial charge in [0.15, 0.2) is 0 Å². The van der Waals surface area contributed by atoms with Gasteiger partial charge in [0.05, 0.1) is 16.7 Å². The third-order valence-electron chi connectivity index (χ3n) is 6.29. The lowest BCUT2D eigenvalue weighted by Crippen LogP contribution is -2.11. The standard InChI is InChI=1S/C27H18N2O/c1-3-9-22-17(6-1)13-15-26-28-21-14-12-18(16-23(21)29(22)26)19-8-5-11-25-27(19)20-7-2-4-10-24(20)30-25/h1-12,14,16H,13,15H2. The van der Waals surface area contributed by atoms with Crippen LogP contribution >= 0.6 is 0 Å². The molecule has 0 unspecified atom stereocenters. The molecular formula is C27H18N2O. The summed E-state index contributed by atoms with van der Waals surface area (Å²) in [4.78, 5) is 4.93. The third-order valence-corrected chi connectivity index (χ3v) is 6.29. The number of nitrogens with zero attached hydrogens (tertiary/aromatic N) is 2. The van der Waals surface area contributed by atoms with E-state index in [9.17, 15) is 0 Å². The van der Waals surface area contributed by atoms with Crippen molar-refractivity contribution in [3.05, 3.63) is 96.3 Å². The summed E-state index contributed by atoms with van der Waals surface area (Å²) in [7, 11) is 0. The van der Waals surface area contributed by atoms with Crippen LogP contribution in [0.3, 0.4) is 0 Å². The van der Waals surface area contributed by atoms with E-state index >= 15 is 0 Å². The van der Waals surface area contributed by atoms with Crippen molar-refractivity contribution in [2.45, 2.75) is 12.8 Å². The highest BCUT2D eigenvalue weighted by Gasteiger charge is 2.20. The van der Waals surface area contributed by atoms with E-state index in [2.05, 4.69) is 71.3 Å². The Morgan fingerprint density at radius 3 is 2.63 bits per heavy atom. The zero-order valence-electron chi connectivity index (χ0n) is 16.3. The van der Waals surface area contributed by atoms with E-state index in [1.54, 1.807) is 0 Å². The van der Waals surface area contributed by atoms with Gasteiger partial charge in [-0.05, 0) is 53.4 Å². The normalized spacial score (nSPS) is 13.1. The molecule has 0 fully saturated rings. The molecule has 142 valence electrons. The Hall–Kier alpha value is -3.85. The molecule has 0 bridgehead atoms. The summed E-state index contributed by atoms with van der Waals surface area (Å²) in [5, 5.41) is 2.33. The van der Waals surface area contributed by atoms with Crippen LogP contribution in [0.2, 0.25) is 0 Å². The predicted octanol–water partition coefficient (Wildman–Crippen LogP) is 6.69. The molecule has 3 nitrogen and oxygen atoms in total. The molecule has 6 aromatic rings. The first-order valence-electron chi connectivity index (χ1n) is 10.4. The van der Waals surface area contributed by atoms with Crippen LogP contribution in [0.15, 0.2) is 89.3 Å². The lowest BCUT2D eigenvalue weighted by molar-refractivity contribution is 0.669. The molecule has 0 aliphatic carbocycles. The second-order valence-corrected chi connectivity index (χ2v) is 7.97. The summed E-state index contributed by atoms with van der Waals surface area (Å²) in [5.41, 5.74) is 9.09. The number of rotatable bonds is 1. The molecule has 3 heteroatoms. The summed E-state index contributed by atoms with van der Waals surface area (Å²) in [6, 6.07) is 29.9. The summed E-state index contributed by atoms with van der Waals surface area (Å²) in [5.74, 6) is 1.15. The van der Waals surface area contributed by atoms with Crippen LogP contribution < -0.4 is 0 Å². The molecule has 3 heterocycles. The Balaban J connectivity index is 1.53. The first kappa shape index (κ1) is 16.0. The minimum absolute atomic E-state index is 0.925. The Labute approximate surface area is 173 Å². The van der Waals surface area contributed by atoms with Gasteiger partial charge in [-0.3, -0.25) is 4.57 Å². The van der Waals surface area contributed by atoms with Crippen molar-refractivity contribution in [1.29, 1.82) is 0 Å². The number of furan rings is 1. The average Bonchev–Trinajstić information content (AvgIpc) is 3.37. The molecule has 1 aliphatic heterocycles. The molecule has 30 heavy (non-hydrogen) atoms. The number of hydrogen-bond acceptors (Lipinski definition) is 2. The van der Waals surface area contributed by atoms with Gasteiger partial charge < -0.3 is 4.42 Å². The molecule has 0 spiro atoms. The second kappa shape index (κ2) is 5.83. The highest BCUT2D eigenvalue weighted by molar-refractivity contribution is 6.12. The van der Waals surface area contributed by atoms with E-state index in [-0.39, 0.29) is 0 Å². The first-order valence-corrected chi connectivity index (χ1v) is 10.4. The third kappa shape index (κ3) is 2.12. The lowest BCUT2D eigenvalue weighted by atomic mass is 9.99. The summed E-state index contributed by atoms with van der Waals surface area (Å²) in [6.07, 6.45) is 2.02. The van der Waals surface area contributed by atoms with Gasteiger partial charge in [-0.15, -0.1) is 0 Å². The largest absolute Gasteiger partial charge is 0.456 e. The summed E-state index contributed by atoms with van der Waals surface area (Å²) in [6.45, 7) is 0. The monoisotopic (exact) mass is 386 g/mol. The molecule has 0 amide bonds. The Bertz CT molecular complexity index is 1600. The molecule has 1 aliphatic rings. The van der Waals surface area contributed by atoms with Crippen molar-refractivity contribution in [1.82, 2.24) is 9.55 Å². The maximum atomic E-state index is 6.11. The van der Waals surface area contributed by atoms with Crippen LogP contribution in [0.1, 0.15) is 11.4 Å². The maximum absolute atomic E-state index is 6.11. The van der Waals surface area contributed by atoms with Crippen LogP contribution in [-0.2, 0) is 12.8 Å². The quantitative estimate of drug-likeness (QED) is 0.315. The molecule has 0 atom stereocenters. The molecule has 0 saturated carbocycles. The zero-order valence-corrected chi connectivity index (χ0v) is 16.3. The van der Waals surface area contributed by atoms with Crippen LogP contribution in [0.4, 0.5) is 0 Å². The van der Waals surface area contributed by atoms with Gasteiger partial charge in [0.1, 0.15) is 17.0 Å². The van der Waals surface area contributed by atoms with Crippen molar-refractivity contribution in [2.24, 2.45) is 0 Å². The molecule has 4 aromatic carbocycles. The van der Waals surface area contributed by atoms with Crippen LogP contribution in [-0.4, -0.2) is 9.55 Å². The van der Waals surface area contributed by atoms with Crippen LogP contribution in [0, 0.1) is 0 Å². The van der Waals surface area contributed by atoms with Crippen molar-refractivity contribution in [3.63, 3.8) is 0 Å². The van der Waals surface area contributed by atoms with E-state index in [0.29, 0.717) is 0 Å². The van der Waals surface area contributed by atoms with Crippen molar-refractivity contribution >= 4 is 33.0 Å². The van der Waals surface area contributed by atoms with Gasteiger partial charge in [-0.1, -0.05) is 54.6 Å². The van der Waals surface area contributed by atoms with Crippen molar-refractivity contribution in [2.75, 3.05) is 0 Å². The molecule has 0 saturated heterocycles. The highest BCUT2D eigenvalue weighted by atomic mass is 16.3. The number of imidazole rings is 1. The summed E-state index contributed by atoms with van der Waals surface area (Å²) >= 11 is 0. The van der Waals surface area contributed by atoms with Gasteiger partial charge in [0, 0.05) is 17.2 Å². The Morgan fingerprint density at radius 1 is 0.767 bits per heavy atom. The molecular weight excluding hydrogens is 368 g/mol. The first-order chi connectivity index (χ1) is 14.9. The molecule has 0 N–H and O–H groups in total. The number of benzene rings is 4. The topological polar surface area (TPSA) is 31.0 Å². The van der Waals surface area contributed by atoms with E-state index in [4.69, 9.17) is 9.40 Å². The van der Waals surface area contributed by atoms with Gasteiger partial charge in [-0.2, -0.15) is 0 Å². The molecule has 2 aromatic heterocycles. The number of aromatic nitrogens is 2. The fourth-order valence-electron chi connectivity index (χ4n) is 4.93. The van der Waals surface area contributed by atoms with Gasteiger partial charge in [-0.25, -0.2) is 4.98 Å².